The number of carbonyl (C=O) groups excluding carboxylic acids is 3. The highest BCUT2D eigenvalue weighted by molar-refractivity contribution is 9.12. The molecule has 3 rings (SSSR count). The van der Waals surface area contributed by atoms with Gasteiger partial charge in [0.2, 0.25) is 11.6 Å². The molecule has 26 heavy (non-hydrogen) atoms. The Labute approximate surface area is 158 Å². The summed E-state index contributed by atoms with van der Waals surface area (Å²) in [6.07, 6.45) is 1.14. The molecule has 0 aliphatic heterocycles. The van der Waals surface area contributed by atoms with Crippen LogP contribution >= 0.6 is 15.9 Å². The Morgan fingerprint density at radius 1 is 1.15 bits per heavy atom. The van der Waals surface area contributed by atoms with E-state index in [0.717, 1.165) is 6.26 Å². The molecule has 1 heterocycles. The maximum Gasteiger partial charge on any atom is 0.240 e. The van der Waals surface area contributed by atoms with E-state index in [1.807, 2.05) is 0 Å². The predicted molar refractivity (Wildman–Crippen MR) is 96.9 cm³/mol. The zero-order valence-corrected chi connectivity index (χ0v) is 15.3. The summed E-state index contributed by atoms with van der Waals surface area (Å²) in [6, 6.07) is 6.39. The normalized spacial score (nSPS) is 13.8. The van der Waals surface area contributed by atoms with Crippen LogP contribution in [0, 0.1) is 0 Å². The standard InChI is InChI=1S/C18H12BBrO6/c1-24-6-7-25-10-4-2-9(3-5-10)15(21)11-8-26-18-12(11)16(22)17(23)14(20)13(18)19/h2-5,8H,6-7H2,1H3. The monoisotopic (exact) mass is 414 g/mol. The number of hydrogen-bond acceptors (Lipinski definition) is 6. The molecule has 0 atom stereocenters. The molecule has 0 bridgehead atoms. The number of furan rings is 1. The molecule has 0 fully saturated rings. The van der Waals surface area contributed by atoms with Crippen LogP contribution in [0.25, 0.3) is 5.47 Å². The topological polar surface area (TPSA) is 82.8 Å². The highest BCUT2D eigenvalue weighted by Crippen LogP contribution is 2.34. The summed E-state index contributed by atoms with van der Waals surface area (Å²) >= 11 is 2.97. The molecule has 8 heteroatoms. The minimum absolute atomic E-state index is 0.00523. The van der Waals surface area contributed by atoms with Gasteiger partial charge in [0.05, 0.1) is 22.2 Å². The molecule has 0 saturated carbocycles. The SMILES string of the molecule is [B]C1=C(Br)C(=O)C(=O)c2c(C(=O)c3ccc(OCCOC)cc3)coc21. The number of allylic oxidation sites excluding steroid dienone is 1. The summed E-state index contributed by atoms with van der Waals surface area (Å²) in [5.41, 5.74) is 0.196. The smallest absolute Gasteiger partial charge is 0.240 e. The Morgan fingerprint density at radius 2 is 1.85 bits per heavy atom. The Bertz CT molecular complexity index is 926. The van der Waals surface area contributed by atoms with Crippen molar-refractivity contribution in [3.8, 4) is 5.75 Å². The molecule has 130 valence electrons. The number of ether oxygens (including phenoxy) is 2. The van der Waals surface area contributed by atoms with Gasteiger partial charge in [-0.05, 0) is 45.7 Å². The molecule has 0 N–H and O–H groups in total. The van der Waals surface area contributed by atoms with Gasteiger partial charge in [0.25, 0.3) is 0 Å². The van der Waals surface area contributed by atoms with Crippen LogP contribution in [0.15, 0.2) is 39.4 Å². The molecule has 1 aromatic carbocycles. The van der Waals surface area contributed by atoms with E-state index >= 15 is 0 Å². The van der Waals surface area contributed by atoms with E-state index in [2.05, 4.69) is 15.9 Å². The average Bonchev–Trinajstić information content (AvgIpc) is 3.10. The third-order valence-corrected chi connectivity index (χ3v) is 4.61. The van der Waals surface area contributed by atoms with E-state index in [0.29, 0.717) is 24.5 Å². The number of Topliss-reactive ketones (excluding diaryl/α,β-unsaturated/α-hetero) is 2. The van der Waals surface area contributed by atoms with Gasteiger partial charge in [-0.15, -0.1) is 0 Å². The Morgan fingerprint density at radius 3 is 2.50 bits per heavy atom. The maximum atomic E-state index is 12.7. The van der Waals surface area contributed by atoms with Crippen LogP contribution in [0.3, 0.4) is 0 Å². The second-order valence-corrected chi connectivity index (χ2v) is 6.23. The fraction of sp³-hybridized carbons (Fsp3) is 0.167. The molecule has 0 amide bonds. The number of hydrogen-bond donors (Lipinski definition) is 0. The first-order chi connectivity index (χ1) is 12.5. The number of ketones is 3. The molecule has 2 aromatic rings. The van der Waals surface area contributed by atoms with Crippen molar-refractivity contribution in [3.05, 3.63) is 57.5 Å². The van der Waals surface area contributed by atoms with Gasteiger partial charge < -0.3 is 13.9 Å². The van der Waals surface area contributed by atoms with Crippen LogP contribution < -0.4 is 4.74 Å². The van der Waals surface area contributed by atoms with Crippen LogP contribution in [-0.4, -0.2) is 45.5 Å². The van der Waals surface area contributed by atoms with Crippen molar-refractivity contribution in [1.29, 1.82) is 0 Å². The lowest BCUT2D eigenvalue weighted by Crippen LogP contribution is -2.23. The Balaban J connectivity index is 1.90. The van der Waals surface area contributed by atoms with Gasteiger partial charge in [-0.2, -0.15) is 0 Å². The third-order valence-electron chi connectivity index (χ3n) is 3.82. The molecular weight excluding hydrogens is 403 g/mol. The fourth-order valence-corrected chi connectivity index (χ4v) is 2.84. The van der Waals surface area contributed by atoms with E-state index < -0.39 is 17.3 Å². The summed E-state index contributed by atoms with van der Waals surface area (Å²) in [5, 5.41) is 0. The number of fused-ring (bicyclic) bond motifs is 1. The van der Waals surface area contributed by atoms with Crippen molar-refractivity contribution >= 4 is 46.6 Å². The van der Waals surface area contributed by atoms with E-state index in [-0.39, 0.29) is 26.8 Å². The molecule has 6 nitrogen and oxygen atoms in total. The summed E-state index contributed by atoms with van der Waals surface area (Å²) in [6.45, 7) is 0.832. The molecule has 1 aliphatic rings. The molecule has 0 saturated heterocycles. The third kappa shape index (κ3) is 3.18. The first-order valence-electron chi connectivity index (χ1n) is 7.58. The van der Waals surface area contributed by atoms with E-state index in [9.17, 15) is 14.4 Å². The van der Waals surface area contributed by atoms with Gasteiger partial charge in [-0.1, -0.05) is 0 Å². The van der Waals surface area contributed by atoms with Crippen molar-refractivity contribution in [1.82, 2.24) is 0 Å². The Hall–Kier alpha value is -2.45. The zero-order valence-electron chi connectivity index (χ0n) is 13.7. The minimum Gasteiger partial charge on any atom is -0.491 e. The van der Waals surface area contributed by atoms with Gasteiger partial charge in [0.15, 0.2) is 5.78 Å². The van der Waals surface area contributed by atoms with Crippen LogP contribution in [-0.2, 0) is 9.53 Å². The summed E-state index contributed by atoms with van der Waals surface area (Å²) < 4.78 is 15.5. The predicted octanol–water partition coefficient (Wildman–Crippen LogP) is 2.53. The van der Waals surface area contributed by atoms with Crippen LogP contribution in [0.1, 0.15) is 32.0 Å². The summed E-state index contributed by atoms with van der Waals surface area (Å²) in [4.78, 5) is 37.0. The minimum atomic E-state index is -0.835. The van der Waals surface area contributed by atoms with E-state index in [1.165, 1.54) is 0 Å². The highest BCUT2D eigenvalue weighted by Gasteiger charge is 2.36. The largest absolute Gasteiger partial charge is 0.491 e. The average molecular weight is 415 g/mol. The van der Waals surface area contributed by atoms with Crippen molar-refractivity contribution in [3.63, 3.8) is 0 Å². The molecule has 2 radical (unpaired) electrons. The number of carbonyl (C=O) groups is 3. The fourth-order valence-electron chi connectivity index (χ4n) is 2.48. The van der Waals surface area contributed by atoms with Crippen molar-refractivity contribution < 1.29 is 28.3 Å². The quantitative estimate of drug-likeness (QED) is 0.312. The second kappa shape index (κ2) is 7.43. The molecular formula is C18H12BBrO6. The lowest BCUT2D eigenvalue weighted by atomic mass is 9.82. The second-order valence-electron chi connectivity index (χ2n) is 5.43. The molecule has 0 unspecified atom stereocenters. The van der Waals surface area contributed by atoms with Crippen LogP contribution in [0.5, 0.6) is 5.75 Å². The highest BCUT2D eigenvalue weighted by atomic mass is 79.9. The van der Waals surface area contributed by atoms with Crippen molar-refractivity contribution in [2.45, 2.75) is 0 Å². The Kier molecular flexibility index (Phi) is 5.24. The number of rotatable bonds is 6. The van der Waals surface area contributed by atoms with Gasteiger partial charge in [-0.25, -0.2) is 0 Å². The number of halogens is 1. The van der Waals surface area contributed by atoms with Crippen LogP contribution in [0.4, 0.5) is 0 Å². The lowest BCUT2D eigenvalue weighted by molar-refractivity contribution is -0.111. The first kappa shape index (κ1) is 18.3. The van der Waals surface area contributed by atoms with Crippen molar-refractivity contribution in [2.24, 2.45) is 0 Å². The lowest BCUT2D eigenvalue weighted by Gasteiger charge is -2.12. The van der Waals surface area contributed by atoms with Gasteiger partial charge in [-0.3, -0.25) is 14.4 Å². The van der Waals surface area contributed by atoms with Gasteiger partial charge >= 0.3 is 0 Å². The van der Waals surface area contributed by atoms with Gasteiger partial charge in [0, 0.05) is 12.7 Å². The summed E-state index contributed by atoms with van der Waals surface area (Å²) in [7, 11) is 7.37. The van der Waals surface area contributed by atoms with E-state index in [4.69, 9.17) is 21.7 Å². The zero-order chi connectivity index (χ0) is 18.8. The first-order valence-corrected chi connectivity index (χ1v) is 8.37. The van der Waals surface area contributed by atoms with Crippen molar-refractivity contribution in [2.75, 3.05) is 20.3 Å². The molecule has 1 aromatic heterocycles. The number of benzene rings is 1. The maximum absolute atomic E-state index is 12.7. The summed E-state index contributed by atoms with van der Waals surface area (Å²) in [5.74, 6) is -1.50. The molecule has 0 spiro atoms. The van der Waals surface area contributed by atoms with E-state index in [1.54, 1.807) is 31.4 Å². The van der Waals surface area contributed by atoms with Gasteiger partial charge in [0.1, 0.15) is 32.2 Å². The number of methoxy groups -OCH3 is 1. The molecule has 1 aliphatic carbocycles. The van der Waals surface area contributed by atoms with Crippen LogP contribution in [0.2, 0.25) is 0 Å².